The van der Waals surface area contributed by atoms with Crippen molar-refractivity contribution in [2.75, 3.05) is 17.3 Å². The highest BCUT2D eigenvalue weighted by Crippen LogP contribution is 2.25. The van der Waals surface area contributed by atoms with E-state index in [0.29, 0.717) is 16.6 Å². The highest BCUT2D eigenvalue weighted by molar-refractivity contribution is 7.84. The SMILES string of the molecule is CC(CS(C)=O)Nc1ccc(-c2ccccc2Cl)nn1. The van der Waals surface area contributed by atoms with Crippen LogP contribution in [0.2, 0.25) is 5.02 Å². The number of aromatic nitrogens is 2. The number of hydrogen-bond donors (Lipinski definition) is 1. The summed E-state index contributed by atoms with van der Waals surface area (Å²) in [6.07, 6.45) is 1.68. The lowest BCUT2D eigenvalue weighted by molar-refractivity contribution is 0.682. The van der Waals surface area contributed by atoms with Crippen molar-refractivity contribution >= 4 is 28.2 Å². The monoisotopic (exact) mass is 309 g/mol. The fraction of sp³-hybridized carbons (Fsp3) is 0.286. The van der Waals surface area contributed by atoms with E-state index in [4.69, 9.17) is 11.6 Å². The molecule has 6 heteroatoms. The van der Waals surface area contributed by atoms with E-state index < -0.39 is 10.8 Å². The Kier molecular flexibility index (Phi) is 5.09. The lowest BCUT2D eigenvalue weighted by atomic mass is 10.1. The predicted octanol–water partition coefficient (Wildman–Crippen LogP) is 2.98. The molecule has 1 aromatic heterocycles. The molecule has 1 heterocycles. The van der Waals surface area contributed by atoms with E-state index >= 15 is 0 Å². The van der Waals surface area contributed by atoms with Gasteiger partial charge in [0.1, 0.15) is 5.82 Å². The van der Waals surface area contributed by atoms with E-state index in [1.54, 1.807) is 6.26 Å². The number of nitrogens with one attached hydrogen (secondary N) is 1. The summed E-state index contributed by atoms with van der Waals surface area (Å²) in [5, 5.41) is 12.1. The molecular formula is C14H16ClN3OS. The van der Waals surface area contributed by atoms with Gasteiger partial charge in [0.15, 0.2) is 0 Å². The van der Waals surface area contributed by atoms with Gasteiger partial charge in [-0.3, -0.25) is 4.21 Å². The van der Waals surface area contributed by atoms with Crippen molar-refractivity contribution in [2.24, 2.45) is 0 Å². The zero-order chi connectivity index (χ0) is 14.5. The maximum atomic E-state index is 11.1. The third-order valence-corrected chi connectivity index (χ3v) is 3.99. The van der Waals surface area contributed by atoms with Crippen molar-refractivity contribution in [2.45, 2.75) is 13.0 Å². The van der Waals surface area contributed by atoms with Gasteiger partial charge in [0.25, 0.3) is 0 Å². The van der Waals surface area contributed by atoms with Gasteiger partial charge < -0.3 is 5.32 Å². The summed E-state index contributed by atoms with van der Waals surface area (Å²) in [6, 6.07) is 11.3. The minimum absolute atomic E-state index is 0.0845. The number of hydrogen-bond acceptors (Lipinski definition) is 4. The summed E-state index contributed by atoms with van der Waals surface area (Å²) in [7, 11) is -0.835. The van der Waals surface area contributed by atoms with Gasteiger partial charge in [-0.1, -0.05) is 29.8 Å². The first kappa shape index (κ1) is 14.9. The lowest BCUT2D eigenvalue weighted by Gasteiger charge is -2.12. The van der Waals surface area contributed by atoms with Crippen molar-refractivity contribution in [3.63, 3.8) is 0 Å². The van der Waals surface area contributed by atoms with Crippen LogP contribution >= 0.6 is 11.6 Å². The van der Waals surface area contributed by atoms with Gasteiger partial charge >= 0.3 is 0 Å². The number of nitrogens with zero attached hydrogens (tertiary/aromatic N) is 2. The molecule has 0 aliphatic carbocycles. The first-order valence-electron chi connectivity index (χ1n) is 6.21. The Bertz CT molecular complexity index is 604. The van der Waals surface area contributed by atoms with Crippen molar-refractivity contribution in [3.05, 3.63) is 41.4 Å². The topological polar surface area (TPSA) is 54.9 Å². The first-order valence-corrected chi connectivity index (χ1v) is 8.32. The number of halogens is 1. The van der Waals surface area contributed by atoms with Gasteiger partial charge in [-0.05, 0) is 25.1 Å². The summed E-state index contributed by atoms with van der Waals surface area (Å²) in [6.45, 7) is 1.96. The van der Waals surface area contributed by atoms with Crippen molar-refractivity contribution in [1.29, 1.82) is 0 Å². The van der Waals surface area contributed by atoms with Gasteiger partial charge in [0.05, 0.1) is 10.7 Å². The third-order valence-electron chi connectivity index (χ3n) is 2.69. The molecule has 2 aromatic rings. The smallest absolute Gasteiger partial charge is 0.148 e. The van der Waals surface area contributed by atoms with E-state index in [-0.39, 0.29) is 6.04 Å². The molecule has 0 radical (unpaired) electrons. The highest BCUT2D eigenvalue weighted by Gasteiger charge is 2.07. The van der Waals surface area contributed by atoms with Crippen molar-refractivity contribution in [1.82, 2.24) is 10.2 Å². The van der Waals surface area contributed by atoms with Crippen LogP contribution in [-0.4, -0.2) is 32.5 Å². The largest absolute Gasteiger partial charge is 0.365 e. The standard InChI is InChI=1S/C14H16ClN3OS/c1-10(9-20(2)19)16-14-8-7-13(17-18-14)11-5-3-4-6-12(11)15/h3-8,10H,9H2,1-2H3,(H,16,18). The van der Waals surface area contributed by atoms with E-state index in [0.717, 1.165) is 11.3 Å². The Morgan fingerprint density at radius 3 is 2.60 bits per heavy atom. The zero-order valence-electron chi connectivity index (χ0n) is 11.3. The molecular weight excluding hydrogens is 294 g/mol. The van der Waals surface area contributed by atoms with Crippen LogP contribution in [0, 0.1) is 0 Å². The van der Waals surface area contributed by atoms with E-state index in [2.05, 4.69) is 15.5 Å². The van der Waals surface area contributed by atoms with Crippen LogP contribution < -0.4 is 5.32 Å². The average Bonchev–Trinajstić information content (AvgIpc) is 2.39. The lowest BCUT2D eigenvalue weighted by Crippen LogP contribution is -2.22. The van der Waals surface area contributed by atoms with Crippen LogP contribution in [0.15, 0.2) is 36.4 Å². The van der Waals surface area contributed by atoms with E-state index in [1.165, 1.54) is 0 Å². The molecule has 0 spiro atoms. The zero-order valence-corrected chi connectivity index (χ0v) is 12.9. The molecule has 0 aliphatic rings. The Labute approximate surface area is 126 Å². The second-order valence-electron chi connectivity index (χ2n) is 4.57. The molecule has 2 unspecified atom stereocenters. The molecule has 0 amide bonds. The maximum Gasteiger partial charge on any atom is 0.148 e. The van der Waals surface area contributed by atoms with E-state index in [1.807, 2.05) is 43.3 Å². The average molecular weight is 310 g/mol. The van der Waals surface area contributed by atoms with Crippen LogP contribution in [0.5, 0.6) is 0 Å². The van der Waals surface area contributed by atoms with Gasteiger partial charge in [-0.2, -0.15) is 0 Å². The predicted molar refractivity (Wildman–Crippen MR) is 84.5 cm³/mol. The Hall–Kier alpha value is -1.46. The second kappa shape index (κ2) is 6.81. The molecule has 2 atom stereocenters. The molecule has 1 aromatic carbocycles. The van der Waals surface area contributed by atoms with Crippen LogP contribution in [0.25, 0.3) is 11.3 Å². The van der Waals surface area contributed by atoms with E-state index in [9.17, 15) is 4.21 Å². The second-order valence-corrected chi connectivity index (χ2v) is 6.46. The van der Waals surface area contributed by atoms with Crippen molar-refractivity contribution < 1.29 is 4.21 Å². The molecule has 106 valence electrons. The van der Waals surface area contributed by atoms with Crippen LogP contribution in [0.3, 0.4) is 0 Å². The third kappa shape index (κ3) is 4.02. The van der Waals surface area contributed by atoms with Crippen LogP contribution in [0.1, 0.15) is 6.92 Å². The van der Waals surface area contributed by atoms with Crippen molar-refractivity contribution in [3.8, 4) is 11.3 Å². The summed E-state index contributed by atoms with van der Waals surface area (Å²) in [5.41, 5.74) is 1.59. The summed E-state index contributed by atoms with van der Waals surface area (Å²) in [5.74, 6) is 1.24. The fourth-order valence-corrected chi connectivity index (χ4v) is 2.89. The number of anilines is 1. The summed E-state index contributed by atoms with van der Waals surface area (Å²) in [4.78, 5) is 0. The molecule has 0 saturated carbocycles. The Balaban J connectivity index is 2.11. The summed E-state index contributed by atoms with van der Waals surface area (Å²) < 4.78 is 11.1. The minimum Gasteiger partial charge on any atom is -0.365 e. The van der Waals surface area contributed by atoms with Crippen LogP contribution in [-0.2, 0) is 10.8 Å². The van der Waals surface area contributed by atoms with Gasteiger partial charge in [0, 0.05) is 34.4 Å². The molecule has 0 fully saturated rings. The molecule has 0 bridgehead atoms. The quantitative estimate of drug-likeness (QED) is 0.922. The van der Waals surface area contributed by atoms with Crippen LogP contribution in [0.4, 0.5) is 5.82 Å². The molecule has 0 saturated heterocycles. The normalized spacial score (nSPS) is 13.8. The van der Waals surface area contributed by atoms with Gasteiger partial charge in [-0.25, -0.2) is 0 Å². The Morgan fingerprint density at radius 1 is 1.25 bits per heavy atom. The summed E-state index contributed by atoms with van der Waals surface area (Å²) >= 11 is 6.12. The maximum absolute atomic E-state index is 11.1. The molecule has 2 rings (SSSR count). The molecule has 20 heavy (non-hydrogen) atoms. The highest BCUT2D eigenvalue weighted by atomic mass is 35.5. The minimum atomic E-state index is -0.835. The number of benzene rings is 1. The van der Waals surface area contributed by atoms with Gasteiger partial charge in [-0.15, -0.1) is 10.2 Å². The first-order chi connectivity index (χ1) is 9.56. The Morgan fingerprint density at radius 2 is 2.00 bits per heavy atom. The fourth-order valence-electron chi connectivity index (χ4n) is 1.87. The number of rotatable bonds is 5. The van der Waals surface area contributed by atoms with Gasteiger partial charge in [0.2, 0.25) is 0 Å². The molecule has 1 N–H and O–H groups in total. The molecule has 4 nitrogen and oxygen atoms in total. The molecule has 0 aliphatic heterocycles.